The fourth-order valence-electron chi connectivity index (χ4n) is 1.63. The summed E-state index contributed by atoms with van der Waals surface area (Å²) in [5.41, 5.74) is 7.50. The number of hydrogen-bond donors (Lipinski definition) is 2. The molecule has 0 radical (unpaired) electrons. The standard InChI is InChI=1S/C12H15N5O/c1-7-11(8(2)17(3)16-7)18-10-6-4-5-9(15-10)12(13)14/h4-6H,1-3H3,(H3,13,14). The minimum atomic E-state index is -0.0833. The first-order valence-corrected chi connectivity index (χ1v) is 5.48. The van der Waals surface area contributed by atoms with Crippen molar-refractivity contribution in [3.8, 4) is 11.6 Å². The van der Waals surface area contributed by atoms with E-state index >= 15 is 0 Å². The average molecular weight is 245 g/mol. The van der Waals surface area contributed by atoms with Gasteiger partial charge in [-0.1, -0.05) is 6.07 Å². The van der Waals surface area contributed by atoms with Crippen LogP contribution in [-0.4, -0.2) is 20.6 Å². The Balaban J connectivity index is 2.34. The fourth-order valence-corrected chi connectivity index (χ4v) is 1.63. The first-order chi connectivity index (χ1) is 8.49. The Bertz CT molecular complexity index is 603. The molecule has 3 N–H and O–H groups in total. The van der Waals surface area contributed by atoms with Gasteiger partial charge < -0.3 is 10.5 Å². The quantitative estimate of drug-likeness (QED) is 0.633. The number of nitrogens with two attached hydrogens (primary N) is 1. The van der Waals surface area contributed by atoms with E-state index in [-0.39, 0.29) is 5.84 Å². The zero-order chi connectivity index (χ0) is 13.3. The van der Waals surface area contributed by atoms with Gasteiger partial charge in [0.15, 0.2) is 5.75 Å². The molecule has 0 aliphatic heterocycles. The number of amidine groups is 1. The summed E-state index contributed by atoms with van der Waals surface area (Å²) < 4.78 is 7.45. The average Bonchev–Trinajstić information content (AvgIpc) is 2.56. The Labute approximate surface area is 105 Å². The summed E-state index contributed by atoms with van der Waals surface area (Å²) in [6.45, 7) is 3.79. The van der Waals surface area contributed by atoms with E-state index < -0.39 is 0 Å². The zero-order valence-corrected chi connectivity index (χ0v) is 10.6. The third kappa shape index (κ3) is 2.17. The van der Waals surface area contributed by atoms with Crippen LogP contribution in [-0.2, 0) is 7.05 Å². The molecular formula is C12H15N5O. The van der Waals surface area contributed by atoms with E-state index in [2.05, 4.69) is 10.1 Å². The Morgan fingerprint density at radius 1 is 1.39 bits per heavy atom. The van der Waals surface area contributed by atoms with E-state index in [0.717, 1.165) is 11.4 Å². The lowest BCUT2D eigenvalue weighted by Gasteiger charge is -2.06. The Morgan fingerprint density at radius 3 is 2.67 bits per heavy atom. The van der Waals surface area contributed by atoms with Gasteiger partial charge in [0.05, 0.1) is 5.69 Å². The maximum atomic E-state index is 7.34. The maximum Gasteiger partial charge on any atom is 0.220 e. The molecule has 0 aliphatic carbocycles. The van der Waals surface area contributed by atoms with Gasteiger partial charge in [0.25, 0.3) is 0 Å². The number of aryl methyl sites for hydroxylation is 2. The largest absolute Gasteiger partial charge is 0.435 e. The van der Waals surface area contributed by atoms with Gasteiger partial charge >= 0.3 is 0 Å². The highest BCUT2D eigenvalue weighted by Crippen LogP contribution is 2.26. The normalized spacial score (nSPS) is 10.4. The number of pyridine rings is 1. The summed E-state index contributed by atoms with van der Waals surface area (Å²) in [5, 5.41) is 11.6. The summed E-state index contributed by atoms with van der Waals surface area (Å²) in [5.74, 6) is 1.01. The van der Waals surface area contributed by atoms with Gasteiger partial charge in [-0.25, -0.2) is 4.98 Å². The molecule has 6 heteroatoms. The van der Waals surface area contributed by atoms with E-state index in [1.54, 1.807) is 22.9 Å². The third-order valence-corrected chi connectivity index (χ3v) is 2.65. The highest BCUT2D eigenvalue weighted by molar-refractivity contribution is 5.93. The zero-order valence-electron chi connectivity index (χ0n) is 10.6. The van der Waals surface area contributed by atoms with Crippen LogP contribution >= 0.6 is 0 Å². The lowest BCUT2D eigenvalue weighted by Crippen LogP contribution is -2.13. The molecule has 94 valence electrons. The van der Waals surface area contributed by atoms with Crippen LogP contribution in [0.4, 0.5) is 0 Å². The number of nitrogens with one attached hydrogen (secondary N) is 1. The minimum Gasteiger partial charge on any atom is -0.435 e. The molecule has 0 spiro atoms. The van der Waals surface area contributed by atoms with Crippen molar-refractivity contribution < 1.29 is 4.74 Å². The molecule has 2 heterocycles. The Morgan fingerprint density at radius 2 is 2.11 bits per heavy atom. The molecule has 0 aromatic carbocycles. The van der Waals surface area contributed by atoms with Crippen molar-refractivity contribution in [3.05, 3.63) is 35.3 Å². The molecule has 2 rings (SSSR count). The third-order valence-electron chi connectivity index (χ3n) is 2.65. The number of ether oxygens (including phenoxy) is 1. The van der Waals surface area contributed by atoms with Crippen molar-refractivity contribution in [2.75, 3.05) is 0 Å². The van der Waals surface area contributed by atoms with Crippen molar-refractivity contribution in [1.29, 1.82) is 5.41 Å². The van der Waals surface area contributed by atoms with Gasteiger partial charge in [-0.15, -0.1) is 0 Å². The van der Waals surface area contributed by atoms with Crippen molar-refractivity contribution in [2.45, 2.75) is 13.8 Å². The molecule has 0 amide bonds. The van der Waals surface area contributed by atoms with Gasteiger partial charge in [-0.3, -0.25) is 10.1 Å². The SMILES string of the molecule is Cc1nn(C)c(C)c1Oc1cccc(C(=N)N)n1. The van der Waals surface area contributed by atoms with Gasteiger partial charge in [0.1, 0.15) is 17.2 Å². The number of aromatic nitrogens is 3. The highest BCUT2D eigenvalue weighted by Gasteiger charge is 2.12. The number of hydrogen-bond acceptors (Lipinski definition) is 4. The van der Waals surface area contributed by atoms with Crippen molar-refractivity contribution in [3.63, 3.8) is 0 Å². The lowest BCUT2D eigenvalue weighted by molar-refractivity contribution is 0.455. The smallest absolute Gasteiger partial charge is 0.220 e. The molecule has 0 unspecified atom stereocenters. The van der Waals surface area contributed by atoms with E-state index in [1.165, 1.54) is 0 Å². The van der Waals surface area contributed by atoms with Crippen LogP contribution in [0.15, 0.2) is 18.2 Å². The predicted octanol–water partition coefficient (Wildman–Crippen LogP) is 1.51. The summed E-state index contributed by atoms with van der Waals surface area (Å²) >= 11 is 0. The molecule has 0 saturated carbocycles. The molecule has 0 fully saturated rings. The van der Waals surface area contributed by atoms with Crippen LogP contribution in [0.5, 0.6) is 11.6 Å². The molecule has 6 nitrogen and oxygen atoms in total. The van der Waals surface area contributed by atoms with Gasteiger partial charge in [-0.2, -0.15) is 5.10 Å². The lowest BCUT2D eigenvalue weighted by atomic mass is 10.3. The van der Waals surface area contributed by atoms with Crippen LogP contribution in [0.3, 0.4) is 0 Å². The first-order valence-electron chi connectivity index (χ1n) is 5.48. The summed E-state index contributed by atoms with van der Waals surface area (Å²) in [6.07, 6.45) is 0. The summed E-state index contributed by atoms with van der Waals surface area (Å²) in [7, 11) is 1.86. The molecule has 0 aliphatic rings. The Hall–Kier alpha value is -2.37. The Kier molecular flexibility index (Phi) is 3.01. The number of rotatable bonds is 3. The number of nitrogen functional groups attached to an aromatic ring is 1. The maximum absolute atomic E-state index is 7.34. The minimum absolute atomic E-state index is 0.0833. The summed E-state index contributed by atoms with van der Waals surface area (Å²) in [6, 6.07) is 5.14. The molecule has 2 aromatic heterocycles. The predicted molar refractivity (Wildman–Crippen MR) is 68.0 cm³/mol. The first kappa shape index (κ1) is 12.1. The summed E-state index contributed by atoms with van der Waals surface area (Å²) in [4.78, 5) is 4.15. The van der Waals surface area contributed by atoms with E-state index in [1.807, 2.05) is 20.9 Å². The highest BCUT2D eigenvalue weighted by atomic mass is 16.5. The second kappa shape index (κ2) is 4.48. The number of nitrogens with zero attached hydrogens (tertiary/aromatic N) is 3. The van der Waals surface area contributed by atoms with E-state index in [4.69, 9.17) is 15.9 Å². The van der Waals surface area contributed by atoms with E-state index in [0.29, 0.717) is 17.3 Å². The van der Waals surface area contributed by atoms with Crippen LogP contribution in [0.1, 0.15) is 17.1 Å². The topological polar surface area (TPSA) is 89.8 Å². The molecule has 0 bridgehead atoms. The van der Waals surface area contributed by atoms with Crippen molar-refractivity contribution in [1.82, 2.24) is 14.8 Å². The fraction of sp³-hybridized carbons (Fsp3) is 0.250. The van der Waals surface area contributed by atoms with E-state index in [9.17, 15) is 0 Å². The second-order valence-electron chi connectivity index (χ2n) is 4.00. The van der Waals surface area contributed by atoms with Crippen LogP contribution < -0.4 is 10.5 Å². The van der Waals surface area contributed by atoms with Crippen molar-refractivity contribution in [2.24, 2.45) is 12.8 Å². The van der Waals surface area contributed by atoms with Crippen LogP contribution in [0.2, 0.25) is 0 Å². The van der Waals surface area contributed by atoms with Crippen molar-refractivity contribution >= 4 is 5.84 Å². The van der Waals surface area contributed by atoms with Gasteiger partial charge in [0.2, 0.25) is 5.88 Å². The van der Waals surface area contributed by atoms with Crippen LogP contribution in [0, 0.1) is 19.3 Å². The molecule has 0 atom stereocenters. The molecule has 18 heavy (non-hydrogen) atoms. The monoisotopic (exact) mass is 245 g/mol. The molecular weight excluding hydrogens is 230 g/mol. The second-order valence-corrected chi connectivity index (χ2v) is 4.00. The molecule has 2 aromatic rings. The van der Waals surface area contributed by atoms with Gasteiger partial charge in [0, 0.05) is 13.1 Å². The van der Waals surface area contributed by atoms with Gasteiger partial charge in [-0.05, 0) is 19.9 Å². The van der Waals surface area contributed by atoms with Crippen LogP contribution in [0.25, 0.3) is 0 Å². The molecule has 0 saturated heterocycles.